The van der Waals surface area contributed by atoms with Crippen molar-refractivity contribution >= 4 is 33.0 Å². The van der Waals surface area contributed by atoms with Gasteiger partial charge in [-0.05, 0) is 17.7 Å². The van der Waals surface area contributed by atoms with E-state index in [-0.39, 0.29) is 5.56 Å². The molecule has 2 aromatic heterocycles. The lowest BCUT2D eigenvalue weighted by molar-refractivity contribution is 0.210. The molecule has 9 heteroatoms. The number of hydrogen-bond acceptors (Lipinski definition) is 5. The van der Waals surface area contributed by atoms with Gasteiger partial charge in [0.15, 0.2) is 11.2 Å². The number of aromatic nitrogens is 4. The zero-order valence-corrected chi connectivity index (χ0v) is 16.4. The molecular weight excluding hydrogens is 402 g/mol. The largest absolute Gasteiger partial charge is 0.383 e. The normalized spacial score (nSPS) is 11.2. The van der Waals surface area contributed by atoms with Crippen molar-refractivity contribution in [3.05, 3.63) is 55.1 Å². The average molecular weight is 422 g/mol. The van der Waals surface area contributed by atoms with Crippen LogP contribution < -0.4 is 16.6 Å². The molecule has 2 heterocycles. The van der Waals surface area contributed by atoms with Crippen LogP contribution in [0.3, 0.4) is 0 Å². The molecule has 0 atom stereocenters. The molecule has 1 N–H and O–H groups in total. The lowest BCUT2D eigenvalue weighted by atomic mass is 10.2. The van der Waals surface area contributed by atoms with Crippen molar-refractivity contribution in [2.45, 2.75) is 6.54 Å². The van der Waals surface area contributed by atoms with E-state index in [1.807, 2.05) is 24.3 Å². The summed E-state index contributed by atoms with van der Waals surface area (Å²) in [6.07, 6.45) is 0. The van der Waals surface area contributed by atoms with Crippen LogP contribution in [-0.2, 0) is 25.4 Å². The smallest absolute Gasteiger partial charge is 0.332 e. The van der Waals surface area contributed by atoms with Crippen LogP contribution in [-0.4, -0.2) is 38.9 Å². The first-order chi connectivity index (χ1) is 12.4. The van der Waals surface area contributed by atoms with Gasteiger partial charge in [-0.15, -0.1) is 0 Å². The van der Waals surface area contributed by atoms with E-state index in [0.717, 1.165) is 14.6 Å². The molecule has 3 rings (SSSR count). The zero-order valence-electron chi connectivity index (χ0n) is 14.8. The van der Waals surface area contributed by atoms with Crippen molar-refractivity contribution < 1.29 is 4.74 Å². The Labute approximate surface area is 158 Å². The molecule has 0 spiro atoms. The van der Waals surface area contributed by atoms with Crippen LogP contribution >= 0.6 is 15.9 Å². The fourth-order valence-electron chi connectivity index (χ4n) is 2.82. The van der Waals surface area contributed by atoms with Crippen LogP contribution in [0.5, 0.6) is 0 Å². The number of halogens is 1. The van der Waals surface area contributed by atoms with Crippen LogP contribution in [0.15, 0.2) is 38.3 Å². The number of ether oxygens (including phenoxy) is 1. The number of anilines is 1. The molecule has 26 heavy (non-hydrogen) atoms. The molecule has 3 aromatic rings. The van der Waals surface area contributed by atoms with E-state index >= 15 is 0 Å². The van der Waals surface area contributed by atoms with Gasteiger partial charge in [0, 0.05) is 32.2 Å². The standard InChI is InChI=1S/C17H20BrN5O3/c1-21-14-13(15(24)22(2)17(21)25)23(16(20-14)19-7-8-26-3)10-11-5-4-6-12(18)9-11/h4-6,9H,7-8,10H2,1-3H3,(H,19,20). The van der Waals surface area contributed by atoms with Crippen molar-refractivity contribution in [3.8, 4) is 0 Å². The van der Waals surface area contributed by atoms with E-state index in [1.54, 1.807) is 18.7 Å². The predicted octanol–water partition coefficient (Wildman–Crippen LogP) is 1.30. The second-order valence-corrected chi connectivity index (χ2v) is 6.86. The molecular formula is C17H20BrN5O3. The van der Waals surface area contributed by atoms with E-state index in [1.165, 1.54) is 11.6 Å². The maximum Gasteiger partial charge on any atom is 0.332 e. The molecule has 0 radical (unpaired) electrons. The zero-order chi connectivity index (χ0) is 18.8. The number of imidazole rings is 1. The summed E-state index contributed by atoms with van der Waals surface area (Å²) in [4.78, 5) is 29.5. The number of nitrogens with zero attached hydrogens (tertiary/aromatic N) is 4. The van der Waals surface area contributed by atoms with Crippen LogP contribution in [0.4, 0.5) is 5.95 Å². The molecule has 138 valence electrons. The lowest BCUT2D eigenvalue weighted by Crippen LogP contribution is -2.37. The van der Waals surface area contributed by atoms with Crippen LogP contribution in [0, 0.1) is 0 Å². The Kier molecular flexibility index (Phi) is 5.28. The SMILES string of the molecule is COCCNc1nc2c(c(=O)n(C)c(=O)n2C)n1Cc1cccc(Br)c1. The van der Waals surface area contributed by atoms with Crippen LogP contribution in [0.2, 0.25) is 0 Å². The number of benzene rings is 1. The lowest BCUT2D eigenvalue weighted by Gasteiger charge is -2.11. The highest BCUT2D eigenvalue weighted by Gasteiger charge is 2.19. The minimum absolute atomic E-state index is 0.355. The Morgan fingerprint density at radius 1 is 1.23 bits per heavy atom. The van der Waals surface area contributed by atoms with Gasteiger partial charge < -0.3 is 10.1 Å². The second-order valence-electron chi connectivity index (χ2n) is 5.95. The first kappa shape index (κ1) is 18.4. The Morgan fingerprint density at radius 2 is 2.00 bits per heavy atom. The van der Waals surface area contributed by atoms with E-state index in [9.17, 15) is 9.59 Å². The number of hydrogen-bond donors (Lipinski definition) is 1. The number of aryl methyl sites for hydroxylation is 1. The molecule has 0 saturated carbocycles. The molecule has 8 nitrogen and oxygen atoms in total. The van der Waals surface area contributed by atoms with Gasteiger partial charge in [-0.1, -0.05) is 28.1 Å². The molecule has 0 saturated heterocycles. The topological polar surface area (TPSA) is 83.1 Å². The number of nitrogens with one attached hydrogen (secondary N) is 1. The maximum atomic E-state index is 12.7. The van der Waals surface area contributed by atoms with Gasteiger partial charge in [0.2, 0.25) is 5.95 Å². The van der Waals surface area contributed by atoms with Crippen LogP contribution in [0.25, 0.3) is 11.2 Å². The highest BCUT2D eigenvalue weighted by atomic mass is 79.9. The van der Waals surface area contributed by atoms with E-state index < -0.39 is 5.69 Å². The van der Waals surface area contributed by atoms with E-state index in [0.29, 0.717) is 36.8 Å². The van der Waals surface area contributed by atoms with Gasteiger partial charge in [-0.2, -0.15) is 4.98 Å². The summed E-state index contributed by atoms with van der Waals surface area (Å²) in [6, 6.07) is 7.83. The average Bonchev–Trinajstić information content (AvgIpc) is 2.97. The van der Waals surface area contributed by atoms with Gasteiger partial charge >= 0.3 is 5.69 Å². The summed E-state index contributed by atoms with van der Waals surface area (Å²) in [5.41, 5.74) is 0.968. The van der Waals surface area contributed by atoms with Crippen molar-refractivity contribution in [2.75, 3.05) is 25.6 Å². The number of fused-ring (bicyclic) bond motifs is 1. The minimum atomic E-state index is -0.405. The van der Waals surface area contributed by atoms with Crippen molar-refractivity contribution in [2.24, 2.45) is 14.1 Å². The Balaban J connectivity index is 2.21. The molecule has 0 fully saturated rings. The minimum Gasteiger partial charge on any atom is -0.383 e. The molecule has 0 unspecified atom stereocenters. The Morgan fingerprint density at radius 3 is 2.69 bits per heavy atom. The van der Waals surface area contributed by atoms with Gasteiger partial charge in [0.05, 0.1) is 13.2 Å². The molecule has 1 aromatic carbocycles. The molecule has 0 amide bonds. The van der Waals surface area contributed by atoms with Gasteiger partial charge in [0.1, 0.15) is 0 Å². The Hall–Kier alpha value is -2.39. The third kappa shape index (κ3) is 3.32. The summed E-state index contributed by atoms with van der Waals surface area (Å²) in [5.74, 6) is 0.523. The molecule has 0 aliphatic carbocycles. The summed E-state index contributed by atoms with van der Waals surface area (Å²) >= 11 is 3.46. The van der Waals surface area contributed by atoms with Crippen molar-refractivity contribution in [1.29, 1.82) is 0 Å². The summed E-state index contributed by atoms with van der Waals surface area (Å²) in [5, 5.41) is 3.18. The first-order valence-corrected chi connectivity index (χ1v) is 8.87. The summed E-state index contributed by atoms with van der Waals surface area (Å²) in [7, 11) is 4.70. The van der Waals surface area contributed by atoms with E-state index in [4.69, 9.17) is 4.74 Å². The Bertz CT molecular complexity index is 1070. The third-order valence-electron chi connectivity index (χ3n) is 4.17. The van der Waals surface area contributed by atoms with Crippen molar-refractivity contribution in [1.82, 2.24) is 18.7 Å². The molecule has 0 bridgehead atoms. The number of methoxy groups -OCH3 is 1. The summed E-state index contributed by atoms with van der Waals surface area (Å²) < 4.78 is 10.3. The van der Waals surface area contributed by atoms with Gasteiger partial charge in [-0.25, -0.2) is 4.79 Å². The van der Waals surface area contributed by atoms with Crippen molar-refractivity contribution in [3.63, 3.8) is 0 Å². The highest BCUT2D eigenvalue weighted by molar-refractivity contribution is 9.10. The van der Waals surface area contributed by atoms with E-state index in [2.05, 4.69) is 26.2 Å². The fraction of sp³-hybridized carbons (Fsp3) is 0.353. The van der Waals surface area contributed by atoms with Crippen LogP contribution in [0.1, 0.15) is 5.56 Å². The van der Waals surface area contributed by atoms with Gasteiger partial charge in [0.25, 0.3) is 5.56 Å². The second kappa shape index (κ2) is 7.46. The third-order valence-corrected chi connectivity index (χ3v) is 4.66. The van der Waals surface area contributed by atoms with Gasteiger partial charge in [-0.3, -0.25) is 18.5 Å². The maximum absolute atomic E-state index is 12.7. The molecule has 0 aliphatic rings. The first-order valence-electron chi connectivity index (χ1n) is 8.07. The summed E-state index contributed by atoms with van der Waals surface area (Å²) in [6.45, 7) is 1.47. The quantitative estimate of drug-likeness (QED) is 0.606. The predicted molar refractivity (Wildman–Crippen MR) is 104 cm³/mol. The number of rotatable bonds is 6. The fourth-order valence-corrected chi connectivity index (χ4v) is 3.26. The molecule has 0 aliphatic heterocycles. The highest BCUT2D eigenvalue weighted by Crippen LogP contribution is 2.19. The monoisotopic (exact) mass is 421 g/mol.